The summed E-state index contributed by atoms with van der Waals surface area (Å²) in [7, 11) is -3.47. The Morgan fingerprint density at radius 1 is 1.22 bits per heavy atom. The lowest BCUT2D eigenvalue weighted by Crippen LogP contribution is -2.42. The Bertz CT molecular complexity index is 839. The minimum atomic E-state index is -3.47. The molecule has 0 amide bonds. The van der Waals surface area contributed by atoms with E-state index < -0.39 is 10.0 Å². The summed E-state index contributed by atoms with van der Waals surface area (Å²) in [5.41, 5.74) is 2.48. The van der Waals surface area contributed by atoms with Crippen LogP contribution in [0.1, 0.15) is 35.7 Å². The third-order valence-corrected chi connectivity index (χ3v) is 6.53. The van der Waals surface area contributed by atoms with Gasteiger partial charge in [0.15, 0.2) is 0 Å². The van der Waals surface area contributed by atoms with Crippen LogP contribution in [0.3, 0.4) is 0 Å². The van der Waals surface area contributed by atoms with Crippen molar-refractivity contribution >= 4 is 10.0 Å². The van der Waals surface area contributed by atoms with Crippen LogP contribution in [0.15, 0.2) is 36.8 Å². The number of halogens is 1. The van der Waals surface area contributed by atoms with Crippen molar-refractivity contribution in [2.24, 2.45) is 0 Å². The van der Waals surface area contributed by atoms with Gasteiger partial charge in [0.1, 0.15) is 12.1 Å². The van der Waals surface area contributed by atoms with Crippen molar-refractivity contribution in [2.45, 2.75) is 37.1 Å². The van der Waals surface area contributed by atoms with Crippen molar-refractivity contribution in [3.63, 3.8) is 0 Å². The molecular formula is C16H16FN3O2S. The maximum absolute atomic E-state index is 13.0. The molecule has 0 N–H and O–H groups in total. The van der Waals surface area contributed by atoms with E-state index in [9.17, 15) is 12.8 Å². The fraction of sp³-hybridized carbons (Fsp3) is 0.375. The average molecular weight is 333 g/mol. The Morgan fingerprint density at radius 3 is 2.78 bits per heavy atom. The van der Waals surface area contributed by atoms with Crippen molar-refractivity contribution < 1.29 is 12.8 Å². The quantitative estimate of drug-likeness (QED) is 0.864. The maximum Gasteiger partial charge on any atom is 0.219 e. The molecule has 0 spiro atoms. The van der Waals surface area contributed by atoms with Gasteiger partial charge in [0.25, 0.3) is 0 Å². The molecule has 2 aliphatic heterocycles. The third-order valence-electron chi connectivity index (χ3n) is 4.64. The van der Waals surface area contributed by atoms with Crippen LogP contribution in [-0.4, -0.2) is 28.7 Å². The number of hydrogen-bond acceptors (Lipinski definition) is 4. The molecule has 0 saturated carbocycles. The summed E-state index contributed by atoms with van der Waals surface area (Å²) in [5.74, 6) is -0.473. The fourth-order valence-electron chi connectivity index (χ4n) is 3.67. The number of rotatable bonds is 3. The van der Waals surface area contributed by atoms with E-state index in [1.165, 1.54) is 30.6 Å². The van der Waals surface area contributed by atoms with Crippen molar-refractivity contribution in [3.8, 4) is 0 Å². The van der Waals surface area contributed by atoms with Crippen LogP contribution in [0.25, 0.3) is 0 Å². The van der Waals surface area contributed by atoms with Crippen molar-refractivity contribution in [1.29, 1.82) is 0 Å². The van der Waals surface area contributed by atoms with E-state index in [4.69, 9.17) is 0 Å². The molecule has 2 aromatic rings. The lowest BCUT2D eigenvalue weighted by molar-refractivity contribution is 0.300. The number of hydrogen-bond donors (Lipinski definition) is 0. The largest absolute Gasteiger partial charge is 0.244 e. The molecule has 2 bridgehead atoms. The number of fused-ring (bicyclic) bond motifs is 4. The molecule has 2 atom stereocenters. The van der Waals surface area contributed by atoms with Gasteiger partial charge < -0.3 is 0 Å². The van der Waals surface area contributed by atoms with E-state index in [1.54, 1.807) is 10.5 Å². The summed E-state index contributed by atoms with van der Waals surface area (Å²) >= 11 is 0. The number of aromatic nitrogens is 2. The highest BCUT2D eigenvalue weighted by molar-refractivity contribution is 7.88. The first-order valence-electron chi connectivity index (χ1n) is 7.59. The zero-order valence-corrected chi connectivity index (χ0v) is 13.2. The van der Waals surface area contributed by atoms with Gasteiger partial charge >= 0.3 is 0 Å². The molecule has 23 heavy (non-hydrogen) atoms. The normalized spacial score (nSPS) is 23.7. The van der Waals surface area contributed by atoms with Crippen LogP contribution in [0.4, 0.5) is 4.39 Å². The standard InChI is InChI=1S/C16H16FN3O2S/c17-12-3-1-11(2-4-12)9-23(21,22)20-13-5-6-16(20)14-8-18-10-19-15(14)7-13/h1-4,8,10,13,16H,5-7,9H2. The molecule has 2 aliphatic rings. The van der Waals surface area contributed by atoms with Gasteiger partial charge in [-0.05, 0) is 30.5 Å². The Hall–Kier alpha value is -1.86. The van der Waals surface area contributed by atoms with Crippen LogP contribution in [-0.2, 0) is 22.2 Å². The Labute approximate surface area is 134 Å². The number of benzene rings is 1. The van der Waals surface area contributed by atoms with E-state index in [-0.39, 0.29) is 23.7 Å². The second-order valence-corrected chi connectivity index (χ2v) is 7.96. The molecule has 0 aliphatic carbocycles. The predicted molar refractivity (Wildman–Crippen MR) is 82.4 cm³/mol. The minimum absolute atomic E-state index is 0.0344. The van der Waals surface area contributed by atoms with E-state index in [2.05, 4.69) is 9.97 Å². The van der Waals surface area contributed by atoms with Crippen LogP contribution < -0.4 is 0 Å². The lowest BCUT2D eigenvalue weighted by atomic mass is 10.0. The predicted octanol–water partition coefficient (Wildman–Crippen LogP) is 2.21. The van der Waals surface area contributed by atoms with Crippen molar-refractivity contribution in [2.75, 3.05) is 0 Å². The summed E-state index contributed by atoms with van der Waals surface area (Å²) in [5, 5.41) is 0. The Balaban J connectivity index is 1.66. The Kier molecular flexibility index (Phi) is 3.42. The van der Waals surface area contributed by atoms with E-state index >= 15 is 0 Å². The number of sulfonamides is 1. The van der Waals surface area contributed by atoms with E-state index in [0.717, 1.165) is 24.1 Å². The second-order valence-electron chi connectivity index (χ2n) is 6.09. The summed E-state index contributed by atoms with van der Waals surface area (Å²) in [6, 6.07) is 5.42. The average Bonchev–Trinajstić information content (AvgIpc) is 2.86. The molecule has 120 valence electrons. The first kappa shape index (κ1) is 14.7. The van der Waals surface area contributed by atoms with Gasteiger partial charge in [-0.1, -0.05) is 12.1 Å². The highest BCUT2D eigenvalue weighted by Crippen LogP contribution is 2.44. The molecule has 1 aromatic heterocycles. The summed E-state index contributed by atoms with van der Waals surface area (Å²) in [6.45, 7) is 0. The molecule has 7 heteroatoms. The SMILES string of the molecule is O=S(=O)(Cc1ccc(F)cc1)N1C2CCC1c1cncnc1C2. The van der Waals surface area contributed by atoms with Crippen molar-refractivity contribution in [3.05, 3.63) is 59.4 Å². The highest BCUT2D eigenvalue weighted by atomic mass is 32.2. The van der Waals surface area contributed by atoms with Gasteiger partial charge in [0.05, 0.1) is 17.5 Å². The molecule has 1 fully saturated rings. The number of nitrogens with zero attached hydrogens (tertiary/aromatic N) is 3. The Morgan fingerprint density at radius 2 is 2.00 bits per heavy atom. The highest BCUT2D eigenvalue weighted by Gasteiger charge is 2.46. The van der Waals surface area contributed by atoms with Crippen molar-refractivity contribution in [1.82, 2.24) is 14.3 Å². The van der Waals surface area contributed by atoms with Crippen LogP contribution in [0.5, 0.6) is 0 Å². The molecule has 1 saturated heterocycles. The van der Waals surface area contributed by atoms with E-state index in [1.807, 2.05) is 0 Å². The van der Waals surface area contributed by atoms with Gasteiger partial charge in [0.2, 0.25) is 10.0 Å². The third kappa shape index (κ3) is 2.53. The molecule has 0 radical (unpaired) electrons. The van der Waals surface area contributed by atoms with Gasteiger partial charge in [-0.2, -0.15) is 4.31 Å². The molecule has 2 unspecified atom stereocenters. The zero-order chi connectivity index (χ0) is 16.0. The molecule has 5 nitrogen and oxygen atoms in total. The summed E-state index contributed by atoms with van der Waals surface area (Å²) in [4.78, 5) is 8.35. The first-order valence-corrected chi connectivity index (χ1v) is 9.20. The zero-order valence-electron chi connectivity index (χ0n) is 12.4. The minimum Gasteiger partial charge on any atom is -0.244 e. The summed E-state index contributed by atoms with van der Waals surface area (Å²) in [6.07, 6.45) is 5.52. The van der Waals surface area contributed by atoms with E-state index in [0.29, 0.717) is 12.0 Å². The van der Waals surface area contributed by atoms with Crippen LogP contribution >= 0.6 is 0 Å². The van der Waals surface area contributed by atoms with Crippen LogP contribution in [0.2, 0.25) is 0 Å². The maximum atomic E-state index is 13.0. The molecular weight excluding hydrogens is 317 g/mol. The smallest absolute Gasteiger partial charge is 0.219 e. The molecule has 1 aromatic carbocycles. The first-order chi connectivity index (χ1) is 11.0. The monoisotopic (exact) mass is 333 g/mol. The van der Waals surface area contributed by atoms with Gasteiger partial charge in [-0.25, -0.2) is 22.8 Å². The lowest BCUT2D eigenvalue weighted by Gasteiger charge is -2.34. The van der Waals surface area contributed by atoms with Gasteiger partial charge in [-0.3, -0.25) is 0 Å². The fourth-order valence-corrected chi connectivity index (χ4v) is 5.67. The van der Waals surface area contributed by atoms with Gasteiger partial charge in [0, 0.05) is 24.2 Å². The summed E-state index contributed by atoms with van der Waals surface area (Å²) < 4.78 is 40.4. The van der Waals surface area contributed by atoms with Gasteiger partial charge in [-0.15, -0.1) is 0 Å². The van der Waals surface area contributed by atoms with Crippen LogP contribution in [0, 0.1) is 5.82 Å². The molecule has 4 rings (SSSR count). The second kappa shape index (κ2) is 5.35. The molecule has 3 heterocycles. The topological polar surface area (TPSA) is 63.2 Å².